The quantitative estimate of drug-likeness (QED) is 0.521. The van der Waals surface area contributed by atoms with Crippen molar-refractivity contribution in [2.24, 2.45) is 0 Å². The van der Waals surface area contributed by atoms with Crippen molar-refractivity contribution >= 4 is 28.4 Å². The van der Waals surface area contributed by atoms with Crippen LogP contribution in [0.1, 0.15) is 47.5 Å². The number of para-hydroxylation sites is 2. The number of hydrogen-bond acceptors (Lipinski definition) is 4. The van der Waals surface area contributed by atoms with Crippen molar-refractivity contribution in [3.8, 4) is 0 Å². The van der Waals surface area contributed by atoms with Gasteiger partial charge in [0.2, 0.25) is 5.91 Å². The Hall–Kier alpha value is -3.32. The Kier molecular flexibility index (Phi) is 6.28. The highest BCUT2D eigenvalue weighted by molar-refractivity contribution is 6.02. The summed E-state index contributed by atoms with van der Waals surface area (Å²) in [5.74, 6) is 0.113. The van der Waals surface area contributed by atoms with Crippen LogP contribution in [0.2, 0.25) is 0 Å². The van der Waals surface area contributed by atoms with E-state index in [1.54, 1.807) is 0 Å². The molecule has 0 saturated carbocycles. The first-order valence-electron chi connectivity index (χ1n) is 12.2. The maximum atomic E-state index is 13.4. The van der Waals surface area contributed by atoms with Crippen LogP contribution in [0.4, 0.5) is 5.69 Å². The minimum atomic E-state index is -0.187. The van der Waals surface area contributed by atoms with E-state index in [1.165, 1.54) is 10.9 Å². The first-order chi connectivity index (χ1) is 16.6. The highest BCUT2D eigenvalue weighted by Gasteiger charge is 2.42. The van der Waals surface area contributed by atoms with E-state index in [4.69, 9.17) is 4.74 Å². The molecule has 178 valence electrons. The molecule has 34 heavy (non-hydrogen) atoms. The average molecular weight is 461 g/mol. The molecule has 0 aliphatic carbocycles. The molecular weight excluding hydrogens is 428 g/mol. The lowest BCUT2D eigenvalue weighted by Gasteiger charge is -2.46. The number of aromatic nitrogens is 1. The van der Waals surface area contributed by atoms with Gasteiger partial charge in [-0.1, -0.05) is 30.3 Å². The van der Waals surface area contributed by atoms with Gasteiger partial charge in [0.25, 0.3) is 5.91 Å². The number of anilines is 1. The Bertz CT molecular complexity index is 1220. The largest absolute Gasteiger partial charge is 0.382 e. The Morgan fingerprint density at radius 1 is 1.15 bits per heavy atom. The molecule has 3 heterocycles. The fourth-order valence-corrected chi connectivity index (χ4v) is 5.40. The van der Waals surface area contributed by atoms with E-state index in [9.17, 15) is 9.59 Å². The zero-order valence-electron chi connectivity index (χ0n) is 19.9. The standard InChI is InChI=1S/C27H32N4O3/c1-3-34-18-8-15-28-24(32)14-17-30-23-12-7-4-9-19(23)20-13-16-31-26(25(20)30)29(2)22-11-6-5-10-21(22)27(31)33/h4-7,9-12,26H,3,8,13-18H2,1-2H3,(H,28,32). The summed E-state index contributed by atoms with van der Waals surface area (Å²) < 4.78 is 7.61. The highest BCUT2D eigenvalue weighted by Crippen LogP contribution is 2.44. The van der Waals surface area contributed by atoms with Crippen molar-refractivity contribution in [3.05, 3.63) is 65.4 Å². The van der Waals surface area contributed by atoms with Crippen LogP contribution in [0.5, 0.6) is 0 Å². The van der Waals surface area contributed by atoms with Gasteiger partial charge in [-0.05, 0) is 43.5 Å². The van der Waals surface area contributed by atoms with Gasteiger partial charge in [0, 0.05) is 57.2 Å². The molecule has 7 nitrogen and oxygen atoms in total. The molecule has 2 amide bonds. The summed E-state index contributed by atoms with van der Waals surface area (Å²) in [6.07, 6.45) is 1.82. The summed E-state index contributed by atoms with van der Waals surface area (Å²) in [5, 5.41) is 4.23. The van der Waals surface area contributed by atoms with Crippen molar-refractivity contribution < 1.29 is 14.3 Å². The van der Waals surface area contributed by atoms with Gasteiger partial charge in [0.1, 0.15) is 6.17 Å². The van der Waals surface area contributed by atoms with Crippen LogP contribution in [0.25, 0.3) is 10.9 Å². The Balaban J connectivity index is 1.46. The molecule has 5 rings (SSSR count). The number of amides is 2. The van der Waals surface area contributed by atoms with E-state index in [1.807, 2.05) is 42.2 Å². The zero-order chi connectivity index (χ0) is 23.7. The van der Waals surface area contributed by atoms with Gasteiger partial charge in [0.15, 0.2) is 0 Å². The summed E-state index contributed by atoms with van der Waals surface area (Å²) >= 11 is 0. The lowest BCUT2D eigenvalue weighted by Crippen LogP contribution is -2.51. The smallest absolute Gasteiger partial charge is 0.257 e. The van der Waals surface area contributed by atoms with Crippen LogP contribution in [-0.4, -0.2) is 54.6 Å². The van der Waals surface area contributed by atoms with E-state index in [-0.39, 0.29) is 18.0 Å². The summed E-state index contributed by atoms with van der Waals surface area (Å²) in [4.78, 5) is 30.2. The summed E-state index contributed by atoms with van der Waals surface area (Å²) in [7, 11) is 2.06. The van der Waals surface area contributed by atoms with Gasteiger partial charge >= 0.3 is 0 Å². The van der Waals surface area contributed by atoms with E-state index < -0.39 is 0 Å². The first-order valence-corrected chi connectivity index (χ1v) is 12.2. The lowest BCUT2D eigenvalue weighted by atomic mass is 9.96. The molecule has 2 aliphatic heterocycles. The number of rotatable bonds is 8. The third-order valence-corrected chi connectivity index (χ3v) is 6.96. The Morgan fingerprint density at radius 3 is 2.79 bits per heavy atom. The van der Waals surface area contributed by atoms with Gasteiger partial charge < -0.3 is 24.4 Å². The maximum Gasteiger partial charge on any atom is 0.257 e. The molecule has 1 aromatic heterocycles. The van der Waals surface area contributed by atoms with E-state index in [0.717, 1.165) is 35.3 Å². The fourth-order valence-electron chi connectivity index (χ4n) is 5.40. The summed E-state index contributed by atoms with van der Waals surface area (Å²) in [6, 6.07) is 16.2. The van der Waals surface area contributed by atoms with Crippen LogP contribution in [0, 0.1) is 0 Å². The number of hydrogen-bond donors (Lipinski definition) is 1. The second-order valence-corrected chi connectivity index (χ2v) is 8.93. The summed E-state index contributed by atoms with van der Waals surface area (Å²) in [5.41, 5.74) is 5.23. The molecule has 2 aromatic carbocycles. The molecule has 0 saturated heterocycles. The molecule has 7 heteroatoms. The number of carbonyl (C=O) groups excluding carboxylic acids is 2. The predicted molar refractivity (Wildman–Crippen MR) is 133 cm³/mol. The molecule has 0 radical (unpaired) electrons. The summed E-state index contributed by atoms with van der Waals surface area (Å²) in [6.45, 7) is 5.20. The van der Waals surface area contributed by atoms with Crippen LogP contribution < -0.4 is 10.2 Å². The lowest BCUT2D eigenvalue weighted by molar-refractivity contribution is -0.121. The van der Waals surface area contributed by atoms with Crippen molar-refractivity contribution in [1.29, 1.82) is 0 Å². The van der Waals surface area contributed by atoms with Crippen molar-refractivity contribution in [1.82, 2.24) is 14.8 Å². The third kappa shape index (κ3) is 3.84. The molecule has 2 aliphatic rings. The maximum absolute atomic E-state index is 13.4. The van der Waals surface area contributed by atoms with Crippen LogP contribution in [-0.2, 0) is 22.5 Å². The number of nitrogens with zero attached hydrogens (tertiary/aromatic N) is 3. The number of nitrogens with one attached hydrogen (secondary N) is 1. The molecule has 3 aromatic rings. The number of ether oxygens (including phenoxy) is 1. The van der Waals surface area contributed by atoms with Gasteiger partial charge in [-0.3, -0.25) is 9.59 Å². The first kappa shape index (κ1) is 22.5. The number of benzene rings is 2. The minimum absolute atomic E-state index is 0.0362. The van der Waals surface area contributed by atoms with Crippen LogP contribution in [0.15, 0.2) is 48.5 Å². The molecule has 1 atom stereocenters. The van der Waals surface area contributed by atoms with Crippen LogP contribution in [0.3, 0.4) is 0 Å². The number of aryl methyl sites for hydroxylation is 1. The molecule has 1 N–H and O–H groups in total. The molecule has 0 spiro atoms. The second-order valence-electron chi connectivity index (χ2n) is 8.93. The predicted octanol–water partition coefficient (Wildman–Crippen LogP) is 3.72. The van der Waals surface area contributed by atoms with Gasteiger partial charge in [-0.25, -0.2) is 0 Å². The van der Waals surface area contributed by atoms with E-state index in [0.29, 0.717) is 39.3 Å². The number of fused-ring (bicyclic) bond motifs is 6. The van der Waals surface area contributed by atoms with Crippen molar-refractivity contribution in [2.45, 2.75) is 38.9 Å². The Morgan fingerprint density at radius 2 is 1.94 bits per heavy atom. The Labute approximate surface area is 200 Å². The van der Waals surface area contributed by atoms with Crippen LogP contribution >= 0.6 is 0 Å². The average Bonchev–Trinajstić information content (AvgIpc) is 3.19. The molecule has 1 unspecified atom stereocenters. The molecule has 0 bridgehead atoms. The van der Waals surface area contributed by atoms with E-state index in [2.05, 4.69) is 40.0 Å². The zero-order valence-corrected chi connectivity index (χ0v) is 19.9. The van der Waals surface area contributed by atoms with E-state index >= 15 is 0 Å². The monoisotopic (exact) mass is 460 g/mol. The minimum Gasteiger partial charge on any atom is -0.382 e. The fraction of sp³-hybridized carbons (Fsp3) is 0.407. The topological polar surface area (TPSA) is 66.8 Å². The van der Waals surface area contributed by atoms with Crippen molar-refractivity contribution in [2.75, 3.05) is 38.3 Å². The third-order valence-electron chi connectivity index (χ3n) is 6.96. The van der Waals surface area contributed by atoms with Gasteiger partial charge in [-0.15, -0.1) is 0 Å². The second kappa shape index (κ2) is 9.50. The molecular formula is C27H32N4O3. The van der Waals surface area contributed by atoms with Crippen molar-refractivity contribution in [3.63, 3.8) is 0 Å². The SMILES string of the molecule is CCOCCCNC(=O)CCn1c2c(c3ccccc31)CCN1C(=O)c3ccccc3N(C)C21. The van der Waals surface area contributed by atoms with Gasteiger partial charge in [-0.2, -0.15) is 0 Å². The van der Waals surface area contributed by atoms with Gasteiger partial charge in [0.05, 0.1) is 16.9 Å². The number of carbonyl (C=O) groups is 2. The molecule has 0 fully saturated rings. The normalized spacial score (nSPS) is 16.9. The highest BCUT2D eigenvalue weighted by atomic mass is 16.5.